The highest BCUT2D eigenvalue weighted by Gasteiger charge is 2.07. The summed E-state index contributed by atoms with van der Waals surface area (Å²) in [6, 6.07) is 0.542. The summed E-state index contributed by atoms with van der Waals surface area (Å²) in [5.41, 5.74) is 0. The van der Waals surface area contributed by atoms with Gasteiger partial charge in [0, 0.05) is 12.6 Å². The highest BCUT2D eigenvalue weighted by Crippen LogP contribution is 2.02. The molecule has 0 spiro atoms. The zero-order valence-electron chi connectivity index (χ0n) is 4.81. The Morgan fingerprint density at radius 2 is 2.57 bits per heavy atom. The minimum atomic E-state index is 0.542. The predicted octanol–water partition coefficient (Wildman–Crippen LogP) is 0.680. The molecule has 1 unspecified atom stereocenters. The van der Waals surface area contributed by atoms with E-state index in [9.17, 15) is 0 Å². The summed E-state index contributed by atoms with van der Waals surface area (Å²) in [7, 11) is 2.10. The molecule has 39 valence electrons. The van der Waals surface area contributed by atoms with Crippen LogP contribution in [0.5, 0.6) is 0 Å². The average molecular weight is 96.2 g/mol. The van der Waals surface area contributed by atoms with Crippen LogP contribution >= 0.6 is 0 Å². The number of hydrogen-bond acceptors (Lipinski definition) is 1. The molecule has 0 bridgehead atoms. The van der Waals surface area contributed by atoms with Gasteiger partial charge in [0.05, 0.1) is 0 Å². The van der Waals surface area contributed by atoms with E-state index in [1.807, 2.05) is 0 Å². The molecule has 1 atom stereocenters. The van der Waals surface area contributed by atoms with Crippen LogP contribution < -0.4 is 0 Å². The van der Waals surface area contributed by atoms with Gasteiger partial charge in [-0.05, 0) is 20.0 Å². The van der Waals surface area contributed by atoms with E-state index in [0.29, 0.717) is 6.04 Å². The van der Waals surface area contributed by atoms with Crippen molar-refractivity contribution in [2.24, 2.45) is 0 Å². The second kappa shape index (κ2) is 1.66. The number of likely N-dealkylation sites (N-methyl/N-ethyl adjacent to an activating group) is 1. The SMILES string of the molecule is CC1[C]=CCN1C. The fourth-order valence-electron chi connectivity index (χ4n) is 0.653. The Labute approximate surface area is 44.6 Å². The summed E-state index contributed by atoms with van der Waals surface area (Å²) in [6.45, 7) is 3.21. The van der Waals surface area contributed by atoms with Crippen molar-refractivity contribution >= 4 is 0 Å². The van der Waals surface area contributed by atoms with Crippen molar-refractivity contribution in [1.82, 2.24) is 4.90 Å². The van der Waals surface area contributed by atoms with E-state index in [0.717, 1.165) is 6.54 Å². The molecule has 0 aliphatic carbocycles. The van der Waals surface area contributed by atoms with Crippen LogP contribution in [0.2, 0.25) is 0 Å². The Morgan fingerprint density at radius 1 is 1.86 bits per heavy atom. The van der Waals surface area contributed by atoms with Gasteiger partial charge in [0.15, 0.2) is 0 Å². The lowest BCUT2D eigenvalue weighted by molar-refractivity contribution is 0.347. The first-order valence-electron chi connectivity index (χ1n) is 2.58. The Bertz CT molecular complexity index is 86.2. The monoisotopic (exact) mass is 96.1 g/mol. The van der Waals surface area contributed by atoms with Gasteiger partial charge in [-0.15, -0.1) is 0 Å². The second-order valence-corrected chi connectivity index (χ2v) is 1.99. The maximum atomic E-state index is 3.17. The molecule has 0 amide bonds. The molecule has 0 aromatic carbocycles. The van der Waals surface area contributed by atoms with Gasteiger partial charge in [0.2, 0.25) is 0 Å². The van der Waals surface area contributed by atoms with Crippen LogP contribution in [-0.4, -0.2) is 24.5 Å². The Kier molecular flexibility index (Phi) is 1.15. The molecular formula is C6H10N. The first-order chi connectivity index (χ1) is 3.30. The van der Waals surface area contributed by atoms with Gasteiger partial charge in [-0.1, -0.05) is 6.08 Å². The standard InChI is InChI=1S/C6H10N/c1-6-4-3-5-7(6)2/h3,6H,5H2,1-2H3. The van der Waals surface area contributed by atoms with Crippen molar-refractivity contribution in [3.63, 3.8) is 0 Å². The molecule has 0 saturated heterocycles. The maximum Gasteiger partial charge on any atom is 0.0320 e. The molecule has 1 radical (unpaired) electrons. The summed E-state index contributed by atoms with van der Waals surface area (Å²) >= 11 is 0. The highest BCUT2D eigenvalue weighted by atomic mass is 15.1. The van der Waals surface area contributed by atoms with Gasteiger partial charge >= 0.3 is 0 Å². The van der Waals surface area contributed by atoms with Crippen LogP contribution in [0.1, 0.15) is 6.92 Å². The molecule has 1 heterocycles. The minimum Gasteiger partial charge on any atom is -0.296 e. The topological polar surface area (TPSA) is 3.24 Å². The number of nitrogens with zero attached hydrogens (tertiary/aromatic N) is 1. The van der Waals surface area contributed by atoms with E-state index >= 15 is 0 Å². The van der Waals surface area contributed by atoms with E-state index < -0.39 is 0 Å². The molecule has 7 heavy (non-hydrogen) atoms. The van der Waals surface area contributed by atoms with Crippen LogP contribution in [-0.2, 0) is 0 Å². The molecule has 0 N–H and O–H groups in total. The highest BCUT2D eigenvalue weighted by molar-refractivity contribution is 4.93. The first-order valence-corrected chi connectivity index (χ1v) is 2.58. The van der Waals surface area contributed by atoms with Crippen molar-refractivity contribution in [2.45, 2.75) is 13.0 Å². The molecule has 0 aromatic heterocycles. The third-order valence-corrected chi connectivity index (χ3v) is 1.40. The van der Waals surface area contributed by atoms with Crippen molar-refractivity contribution in [3.8, 4) is 0 Å². The van der Waals surface area contributed by atoms with Crippen LogP contribution in [0, 0.1) is 6.08 Å². The van der Waals surface area contributed by atoms with Crippen molar-refractivity contribution in [1.29, 1.82) is 0 Å². The molecule has 1 nitrogen and oxygen atoms in total. The fraction of sp³-hybridized carbons (Fsp3) is 0.667. The number of hydrogen-bond donors (Lipinski definition) is 0. The normalized spacial score (nSPS) is 32.0. The number of rotatable bonds is 0. The minimum absolute atomic E-state index is 0.542. The van der Waals surface area contributed by atoms with Crippen molar-refractivity contribution in [3.05, 3.63) is 12.2 Å². The summed E-state index contributed by atoms with van der Waals surface area (Å²) < 4.78 is 0. The van der Waals surface area contributed by atoms with Gasteiger partial charge in [0.1, 0.15) is 0 Å². The molecular weight excluding hydrogens is 86.1 g/mol. The van der Waals surface area contributed by atoms with E-state index in [4.69, 9.17) is 0 Å². The van der Waals surface area contributed by atoms with Gasteiger partial charge in [-0.2, -0.15) is 0 Å². The van der Waals surface area contributed by atoms with E-state index in [1.165, 1.54) is 0 Å². The Morgan fingerprint density at radius 3 is 2.71 bits per heavy atom. The van der Waals surface area contributed by atoms with Gasteiger partial charge in [-0.3, -0.25) is 4.90 Å². The molecule has 0 saturated carbocycles. The Hall–Kier alpha value is -0.300. The fourth-order valence-corrected chi connectivity index (χ4v) is 0.653. The molecule has 1 aliphatic heterocycles. The molecule has 0 fully saturated rings. The summed E-state index contributed by atoms with van der Waals surface area (Å²) in [6.07, 6.45) is 5.24. The van der Waals surface area contributed by atoms with Gasteiger partial charge < -0.3 is 0 Å². The zero-order valence-corrected chi connectivity index (χ0v) is 4.81. The van der Waals surface area contributed by atoms with Crippen LogP contribution in [0.25, 0.3) is 0 Å². The third-order valence-electron chi connectivity index (χ3n) is 1.40. The third kappa shape index (κ3) is 0.829. The lowest BCUT2D eigenvalue weighted by atomic mass is 10.3. The lowest BCUT2D eigenvalue weighted by Gasteiger charge is -2.11. The van der Waals surface area contributed by atoms with Crippen molar-refractivity contribution < 1.29 is 0 Å². The van der Waals surface area contributed by atoms with E-state index in [1.54, 1.807) is 0 Å². The van der Waals surface area contributed by atoms with Crippen molar-refractivity contribution in [2.75, 3.05) is 13.6 Å². The predicted molar refractivity (Wildman–Crippen MR) is 29.9 cm³/mol. The molecule has 1 aliphatic rings. The average Bonchev–Trinajstić information content (AvgIpc) is 1.91. The molecule has 1 rings (SSSR count). The first kappa shape index (κ1) is 4.85. The maximum absolute atomic E-state index is 3.17. The molecule has 1 heteroatoms. The van der Waals surface area contributed by atoms with E-state index in [2.05, 4.69) is 31.0 Å². The zero-order chi connectivity index (χ0) is 5.28. The second-order valence-electron chi connectivity index (χ2n) is 1.99. The van der Waals surface area contributed by atoms with E-state index in [-0.39, 0.29) is 0 Å². The summed E-state index contributed by atoms with van der Waals surface area (Å²) in [5.74, 6) is 0. The largest absolute Gasteiger partial charge is 0.296 e. The van der Waals surface area contributed by atoms with Gasteiger partial charge in [-0.25, -0.2) is 0 Å². The quantitative estimate of drug-likeness (QED) is 0.428. The molecule has 0 aromatic rings. The Balaban J connectivity index is 2.45. The van der Waals surface area contributed by atoms with Gasteiger partial charge in [0.25, 0.3) is 0 Å². The summed E-state index contributed by atoms with van der Waals surface area (Å²) in [4.78, 5) is 2.24. The van der Waals surface area contributed by atoms with Crippen LogP contribution in [0.3, 0.4) is 0 Å². The van der Waals surface area contributed by atoms with Crippen LogP contribution in [0.4, 0.5) is 0 Å². The van der Waals surface area contributed by atoms with Crippen LogP contribution in [0.15, 0.2) is 6.08 Å². The smallest absolute Gasteiger partial charge is 0.0320 e. The lowest BCUT2D eigenvalue weighted by Crippen LogP contribution is -2.21. The summed E-state index contributed by atoms with van der Waals surface area (Å²) in [5, 5.41) is 0.